The minimum Gasteiger partial charge on any atom is -0.496 e. The summed E-state index contributed by atoms with van der Waals surface area (Å²) in [5, 5.41) is 12.6. The highest BCUT2D eigenvalue weighted by Crippen LogP contribution is 2.36. The maximum atomic E-state index is 13.5. The second-order valence-electron chi connectivity index (χ2n) is 7.93. The van der Waals surface area contributed by atoms with Gasteiger partial charge in [0.05, 0.1) is 7.11 Å². The molecule has 1 aliphatic heterocycles. The number of nitrogens with one attached hydrogen (secondary N) is 1. The van der Waals surface area contributed by atoms with Crippen molar-refractivity contribution in [3.8, 4) is 5.75 Å². The number of aliphatic carboxylic acids is 1. The molecule has 164 valence electrons. The summed E-state index contributed by atoms with van der Waals surface area (Å²) in [4.78, 5) is 39.2. The van der Waals surface area contributed by atoms with E-state index in [0.717, 1.165) is 21.6 Å². The second-order valence-corrected chi connectivity index (χ2v) is 7.93. The van der Waals surface area contributed by atoms with Gasteiger partial charge in [0.1, 0.15) is 17.3 Å². The second kappa shape index (κ2) is 8.79. The number of carbonyl (C=O) groups is 3. The summed E-state index contributed by atoms with van der Waals surface area (Å²) in [5.41, 5.74) is 2.19. The van der Waals surface area contributed by atoms with Crippen molar-refractivity contribution in [2.45, 2.75) is 51.6 Å². The molecule has 3 amide bonds. The van der Waals surface area contributed by atoms with Crippen molar-refractivity contribution in [2.75, 3.05) is 7.11 Å². The molecule has 3 rings (SSSR count). The van der Waals surface area contributed by atoms with Gasteiger partial charge in [0, 0.05) is 0 Å². The number of benzene rings is 2. The van der Waals surface area contributed by atoms with Crippen molar-refractivity contribution in [3.63, 3.8) is 0 Å². The minimum atomic E-state index is -1.30. The monoisotopic (exact) mass is 424 g/mol. The lowest BCUT2D eigenvalue weighted by atomic mass is 9.86. The van der Waals surface area contributed by atoms with Gasteiger partial charge in [-0.05, 0) is 61.9 Å². The van der Waals surface area contributed by atoms with Crippen LogP contribution in [-0.4, -0.2) is 41.1 Å². The van der Waals surface area contributed by atoms with Gasteiger partial charge in [-0.15, -0.1) is 0 Å². The Morgan fingerprint density at radius 2 is 1.84 bits per heavy atom. The first-order valence-corrected chi connectivity index (χ1v) is 10.3. The molecule has 1 saturated heterocycles. The van der Waals surface area contributed by atoms with Gasteiger partial charge < -0.3 is 15.2 Å². The summed E-state index contributed by atoms with van der Waals surface area (Å²) in [6.45, 7) is 5.62. The Bertz CT molecular complexity index is 1000. The van der Waals surface area contributed by atoms with Gasteiger partial charge in [-0.25, -0.2) is 14.5 Å². The average molecular weight is 424 g/mol. The molecular formula is C24H28N2O5. The maximum Gasteiger partial charge on any atom is 0.327 e. The number of methoxy groups -OCH3 is 1. The van der Waals surface area contributed by atoms with E-state index in [2.05, 4.69) is 5.32 Å². The molecule has 2 aromatic carbocycles. The Hall–Kier alpha value is -3.35. The molecule has 1 fully saturated rings. The van der Waals surface area contributed by atoms with E-state index in [1.807, 2.05) is 38.1 Å². The number of rotatable bonds is 8. The molecular weight excluding hydrogens is 396 g/mol. The van der Waals surface area contributed by atoms with Crippen molar-refractivity contribution in [1.82, 2.24) is 10.2 Å². The Morgan fingerprint density at radius 3 is 2.39 bits per heavy atom. The fraction of sp³-hybridized carbons (Fsp3) is 0.375. The van der Waals surface area contributed by atoms with Crippen LogP contribution in [0.4, 0.5) is 4.79 Å². The van der Waals surface area contributed by atoms with Gasteiger partial charge in [-0.1, -0.05) is 42.8 Å². The van der Waals surface area contributed by atoms with E-state index in [1.54, 1.807) is 32.2 Å². The number of amides is 3. The number of hydrogen-bond acceptors (Lipinski definition) is 4. The molecule has 0 saturated carbocycles. The van der Waals surface area contributed by atoms with Gasteiger partial charge in [0.2, 0.25) is 0 Å². The van der Waals surface area contributed by atoms with E-state index in [1.165, 1.54) is 0 Å². The van der Waals surface area contributed by atoms with Gasteiger partial charge in [-0.2, -0.15) is 0 Å². The molecule has 0 aromatic heterocycles. The van der Waals surface area contributed by atoms with Crippen LogP contribution in [-0.2, 0) is 21.5 Å². The van der Waals surface area contributed by atoms with Crippen LogP contribution >= 0.6 is 0 Å². The summed E-state index contributed by atoms with van der Waals surface area (Å²) in [5.74, 6) is -1.07. The predicted octanol–water partition coefficient (Wildman–Crippen LogP) is 3.56. The Morgan fingerprint density at radius 1 is 1.16 bits per heavy atom. The minimum absolute atomic E-state index is 0.138. The lowest BCUT2D eigenvalue weighted by Gasteiger charge is -2.28. The highest BCUT2D eigenvalue weighted by atomic mass is 16.5. The zero-order valence-corrected chi connectivity index (χ0v) is 18.3. The molecule has 0 bridgehead atoms. The van der Waals surface area contributed by atoms with Crippen LogP contribution in [0, 0.1) is 13.8 Å². The van der Waals surface area contributed by atoms with E-state index < -0.39 is 29.5 Å². The average Bonchev–Trinajstić information content (AvgIpc) is 3.00. The lowest BCUT2D eigenvalue weighted by Crippen LogP contribution is -2.47. The van der Waals surface area contributed by atoms with Crippen LogP contribution < -0.4 is 10.1 Å². The van der Waals surface area contributed by atoms with Crippen molar-refractivity contribution in [1.29, 1.82) is 0 Å². The molecule has 0 aliphatic carbocycles. The van der Waals surface area contributed by atoms with Gasteiger partial charge in [-0.3, -0.25) is 4.79 Å². The normalized spacial score (nSPS) is 19.3. The van der Waals surface area contributed by atoms with Crippen LogP contribution in [0.2, 0.25) is 0 Å². The highest BCUT2D eigenvalue weighted by molar-refractivity contribution is 6.09. The van der Waals surface area contributed by atoms with Crippen molar-refractivity contribution < 1.29 is 24.2 Å². The van der Waals surface area contributed by atoms with Crippen LogP contribution in [0.5, 0.6) is 5.75 Å². The predicted molar refractivity (Wildman–Crippen MR) is 116 cm³/mol. The summed E-state index contributed by atoms with van der Waals surface area (Å²) in [6, 6.07) is 11.1. The van der Waals surface area contributed by atoms with E-state index >= 15 is 0 Å². The maximum absolute atomic E-state index is 13.5. The number of urea groups is 1. The Labute approximate surface area is 182 Å². The molecule has 2 unspecified atom stereocenters. The topological polar surface area (TPSA) is 95.9 Å². The molecule has 1 heterocycles. The Balaban J connectivity index is 1.90. The van der Waals surface area contributed by atoms with Crippen LogP contribution in [0.3, 0.4) is 0 Å². The number of aryl methyl sites for hydroxylation is 3. The van der Waals surface area contributed by atoms with E-state index in [0.29, 0.717) is 24.2 Å². The number of carboxylic acid groups (broad SMARTS) is 1. The lowest BCUT2D eigenvalue weighted by molar-refractivity contribution is -0.148. The first-order chi connectivity index (χ1) is 14.7. The summed E-state index contributed by atoms with van der Waals surface area (Å²) in [7, 11) is 1.56. The number of hydrogen-bond donors (Lipinski definition) is 2. The van der Waals surface area contributed by atoms with Crippen molar-refractivity contribution >= 4 is 17.9 Å². The molecule has 7 nitrogen and oxygen atoms in total. The Kier molecular flexibility index (Phi) is 6.34. The molecule has 7 heteroatoms. The van der Waals surface area contributed by atoms with Crippen LogP contribution in [0.1, 0.15) is 42.0 Å². The van der Waals surface area contributed by atoms with Crippen molar-refractivity contribution in [2.24, 2.45) is 0 Å². The number of imide groups is 1. The van der Waals surface area contributed by atoms with Crippen LogP contribution in [0.25, 0.3) is 0 Å². The third kappa shape index (κ3) is 4.13. The SMILES string of the molecule is CCC1(c2ccc(OC)c(C)c2)NC(=O)N(C(CCc2ccc(C)cc2)C(=O)O)C1=O. The highest BCUT2D eigenvalue weighted by Gasteiger charge is 2.54. The third-order valence-corrected chi connectivity index (χ3v) is 5.96. The standard InChI is InChI=1S/C24H28N2O5/c1-5-24(18-11-13-20(31-4)16(3)14-18)22(29)26(23(30)25-24)19(21(27)28)12-10-17-8-6-15(2)7-9-17/h6-9,11,13-14,19H,5,10,12H2,1-4H3,(H,25,30)(H,27,28). The van der Waals surface area contributed by atoms with Gasteiger partial charge in [0.15, 0.2) is 0 Å². The van der Waals surface area contributed by atoms with Crippen LogP contribution in [0.15, 0.2) is 42.5 Å². The molecule has 31 heavy (non-hydrogen) atoms. The van der Waals surface area contributed by atoms with E-state index in [-0.39, 0.29) is 6.42 Å². The number of carboxylic acids is 1. The molecule has 2 aromatic rings. The van der Waals surface area contributed by atoms with E-state index in [4.69, 9.17) is 4.74 Å². The van der Waals surface area contributed by atoms with E-state index in [9.17, 15) is 19.5 Å². The van der Waals surface area contributed by atoms with Gasteiger partial charge in [0.25, 0.3) is 5.91 Å². The molecule has 0 radical (unpaired) electrons. The number of ether oxygens (including phenoxy) is 1. The largest absolute Gasteiger partial charge is 0.496 e. The molecule has 2 N–H and O–H groups in total. The number of carbonyl (C=O) groups excluding carboxylic acids is 2. The number of nitrogens with zero attached hydrogens (tertiary/aromatic N) is 1. The summed E-state index contributed by atoms with van der Waals surface area (Å²) >= 11 is 0. The molecule has 0 spiro atoms. The first-order valence-electron chi connectivity index (χ1n) is 10.3. The molecule has 2 atom stereocenters. The third-order valence-electron chi connectivity index (χ3n) is 5.96. The van der Waals surface area contributed by atoms with Gasteiger partial charge >= 0.3 is 12.0 Å². The fourth-order valence-corrected chi connectivity index (χ4v) is 4.08. The molecule has 1 aliphatic rings. The fourth-order valence-electron chi connectivity index (χ4n) is 4.08. The summed E-state index contributed by atoms with van der Waals surface area (Å²) < 4.78 is 5.29. The zero-order chi connectivity index (χ0) is 22.8. The zero-order valence-electron chi connectivity index (χ0n) is 18.3. The summed E-state index contributed by atoms with van der Waals surface area (Å²) in [6.07, 6.45) is 0.873. The smallest absolute Gasteiger partial charge is 0.327 e. The van der Waals surface area contributed by atoms with Crippen molar-refractivity contribution in [3.05, 3.63) is 64.7 Å². The first kappa shape index (κ1) is 22.3. The quantitative estimate of drug-likeness (QED) is 0.632.